The fourth-order valence-corrected chi connectivity index (χ4v) is 4.27. The molecule has 2 N–H and O–H groups in total. The minimum atomic E-state index is -0.719. The van der Waals surface area contributed by atoms with Crippen LogP contribution >= 0.6 is 11.3 Å². The lowest BCUT2D eigenvalue weighted by molar-refractivity contribution is -0.136. The molecular formula is C23H23N5O4S. The summed E-state index contributed by atoms with van der Waals surface area (Å²) in [5.74, 6) is 0.675. The quantitative estimate of drug-likeness (QED) is 0.406. The molecule has 4 rings (SSSR count). The number of methoxy groups -OCH3 is 2. The predicted molar refractivity (Wildman–Crippen MR) is 126 cm³/mol. The SMILES string of the molecule is COc1ccc(NC(=O)C(=O)NCCc2sc3nc(-c4ccc(OC)cc4)nn3c2C)cc1. The fourth-order valence-electron chi connectivity index (χ4n) is 3.21. The molecule has 0 unspecified atom stereocenters. The zero-order valence-electron chi connectivity index (χ0n) is 18.4. The second-order valence-corrected chi connectivity index (χ2v) is 8.22. The van der Waals surface area contributed by atoms with Gasteiger partial charge in [-0.1, -0.05) is 11.3 Å². The number of aryl methyl sites for hydroxylation is 1. The number of hydrogen-bond acceptors (Lipinski definition) is 7. The zero-order valence-corrected chi connectivity index (χ0v) is 19.2. The van der Waals surface area contributed by atoms with E-state index >= 15 is 0 Å². The van der Waals surface area contributed by atoms with Crippen molar-refractivity contribution in [1.29, 1.82) is 0 Å². The number of aromatic nitrogens is 3. The topological polar surface area (TPSA) is 107 Å². The van der Waals surface area contributed by atoms with Crippen LogP contribution in [0.4, 0.5) is 5.69 Å². The molecule has 0 atom stereocenters. The van der Waals surface area contributed by atoms with E-state index in [2.05, 4.69) is 20.7 Å². The van der Waals surface area contributed by atoms with E-state index in [9.17, 15) is 9.59 Å². The van der Waals surface area contributed by atoms with E-state index in [1.165, 1.54) is 11.3 Å². The predicted octanol–water partition coefficient (Wildman–Crippen LogP) is 3.08. The Morgan fingerprint density at radius 2 is 1.61 bits per heavy atom. The molecule has 0 saturated heterocycles. The van der Waals surface area contributed by atoms with Crippen molar-refractivity contribution in [2.45, 2.75) is 13.3 Å². The van der Waals surface area contributed by atoms with Crippen LogP contribution in [-0.2, 0) is 16.0 Å². The normalized spacial score (nSPS) is 10.8. The summed E-state index contributed by atoms with van der Waals surface area (Å²) >= 11 is 1.51. The van der Waals surface area contributed by atoms with Gasteiger partial charge in [0.15, 0.2) is 5.82 Å². The number of amides is 2. The first-order valence-corrected chi connectivity index (χ1v) is 11.0. The number of hydrogen-bond donors (Lipinski definition) is 2. The number of benzene rings is 2. The summed E-state index contributed by atoms with van der Waals surface area (Å²) in [6, 6.07) is 14.3. The molecule has 2 heterocycles. The summed E-state index contributed by atoms with van der Waals surface area (Å²) in [7, 11) is 3.18. The van der Waals surface area contributed by atoms with Crippen molar-refractivity contribution in [3.8, 4) is 22.9 Å². The third kappa shape index (κ3) is 4.96. The van der Waals surface area contributed by atoms with Gasteiger partial charge in [-0.2, -0.15) is 4.98 Å². The van der Waals surface area contributed by atoms with Gasteiger partial charge in [0.1, 0.15) is 11.5 Å². The van der Waals surface area contributed by atoms with E-state index in [0.717, 1.165) is 26.8 Å². The Labute approximate surface area is 194 Å². The Kier molecular flexibility index (Phi) is 6.55. The lowest BCUT2D eigenvalue weighted by Crippen LogP contribution is -2.36. The summed E-state index contributed by atoms with van der Waals surface area (Å²) < 4.78 is 12.1. The number of nitrogens with one attached hydrogen (secondary N) is 2. The third-order valence-corrected chi connectivity index (χ3v) is 6.25. The van der Waals surface area contributed by atoms with Gasteiger partial charge in [0.25, 0.3) is 0 Å². The van der Waals surface area contributed by atoms with Crippen LogP contribution in [0, 0.1) is 6.92 Å². The molecule has 0 spiro atoms. The van der Waals surface area contributed by atoms with E-state index in [1.54, 1.807) is 43.0 Å². The molecule has 4 aromatic rings. The van der Waals surface area contributed by atoms with Crippen molar-refractivity contribution in [2.75, 3.05) is 26.1 Å². The molecule has 10 heteroatoms. The fraction of sp³-hybridized carbons (Fsp3) is 0.217. The highest BCUT2D eigenvalue weighted by Gasteiger charge is 2.16. The maximum Gasteiger partial charge on any atom is 0.313 e. The molecular weight excluding hydrogens is 442 g/mol. The number of carbonyl (C=O) groups excluding carboxylic acids is 2. The maximum atomic E-state index is 12.1. The molecule has 0 saturated carbocycles. The van der Waals surface area contributed by atoms with Gasteiger partial charge in [-0.3, -0.25) is 9.59 Å². The third-order valence-electron chi connectivity index (χ3n) is 5.05. The van der Waals surface area contributed by atoms with Gasteiger partial charge in [0.05, 0.1) is 19.9 Å². The largest absolute Gasteiger partial charge is 0.497 e. The lowest BCUT2D eigenvalue weighted by atomic mass is 10.2. The van der Waals surface area contributed by atoms with E-state index < -0.39 is 11.8 Å². The summed E-state index contributed by atoms with van der Waals surface area (Å²) in [6.45, 7) is 2.29. The van der Waals surface area contributed by atoms with Crippen LogP contribution in [0.3, 0.4) is 0 Å². The molecule has 2 aromatic heterocycles. The maximum absolute atomic E-state index is 12.1. The molecule has 2 aromatic carbocycles. The molecule has 33 heavy (non-hydrogen) atoms. The minimum absolute atomic E-state index is 0.324. The summed E-state index contributed by atoms with van der Waals surface area (Å²) in [5, 5.41) is 9.82. The molecule has 2 amide bonds. The van der Waals surface area contributed by atoms with Crippen molar-refractivity contribution in [3.63, 3.8) is 0 Å². The number of nitrogens with zero attached hydrogens (tertiary/aromatic N) is 3. The van der Waals surface area contributed by atoms with Crippen LogP contribution in [0.1, 0.15) is 10.6 Å². The molecule has 0 bridgehead atoms. The smallest absolute Gasteiger partial charge is 0.313 e. The van der Waals surface area contributed by atoms with E-state index in [1.807, 2.05) is 31.2 Å². The number of anilines is 1. The average Bonchev–Trinajstić information content (AvgIpc) is 3.38. The Bertz CT molecular complexity index is 1280. The highest BCUT2D eigenvalue weighted by atomic mass is 32.1. The Morgan fingerprint density at radius 1 is 0.970 bits per heavy atom. The van der Waals surface area contributed by atoms with Gasteiger partial charge in [0.2, 0.25) is 4.96 Å². The van der Waals surface area contributed by atoms with Crippen molar-refractivity contribution in [3.05, 3.63) is 59.1 Å². The lowest BCUT2D eigenvalue weighted by Gasteiger charge is -2.07. The number of fused-ring (bicyclic) bond motifs is 1. The second kappa shape index (κ2) is 9.70. The molecule has 9 nitrogen and oxygen atoms in total. The molecule has 0 fully saturated rings. The van der Waals surface area contributed by atoms with Gasteiger partial charge < -0.3 is 20.1 Å². The zero-order chi connectivity index (χ0) is 23.4. The van der Waals surface area contributed by atoms with E-state index in [4.69, 9.17) is 9.47 Å². The number of thiazole rings is 1. The number of rotatable bonds is 7. The second-order valence-electron chi connectivity index (χ2n) is 7.16. The van der Waals surface area contributed by atoms with Crippen molar-refractivity contribution < 1.29 is 19.1 Å². The number of carbonyl (C=O) groups is 2. The van der Waals surface area contributed by atoms with Crippen LogP contribution in [-0.4, -0.2) is 47.2 Å². The standard InChI is InChI=1S/C23H23N5O4S/c1-14-19(12-13-24-21(29)22(30)25-16-6-10-18(32-3)11-7-16)33-23-26-20(27-28(14)23)15-4-8-17(31-2)9-5-15/h4-11H,12-13H2,1-3H3,(H,24,29)(H,25,30). The van der Waals surface area contributed by atoms with E-state index in [0.29, 0.717) is 30.2 Å². The first-order valence-electron chi connectivity index (χ1n) is 10.2. The Hall–Kier alpha value is -3.92. The molecule has 170 valence electrons. The van der Waals surface area contributed by atoms with Crippen LogP contribution in [0.2, 0.25) is 0 Å². The van der Waals surface area contributed by atoms with Crippen LogP contribution in [0.5, 0.6) is 11.5 Å². The number of ether oxygens (including phenoxy) is 2. The Balaban J connectivity index is 1.33. The molecule has 0 aliphatic rings. The minimum Gasteiger partial charge on any atom is -0.497 e. The van der Waals surface area contributed by atoms with Crippen molar-refractivity contribution in [1.82, 2.24) is 19.9 Å². The summed E-state index contributed by atoms with van der Waals surface area (Å²) in [4.78, 5) is 30.7. The molecule has 0 aliphatic carbocycles. The molecule has 0 radical (unpaired) electrons. The Morgan fingerprint density at radius 3 is 2.21 bits per heavy atom. The van der Waals surface area contributed by atoms with Gasteiger partial charge >= 0.3 is 11.8 Å². The van der Waals surface area contributed by atoms with Crippen LogP contribution < -0.4 is 20.1 Å². The van der Waals surface area contributed by atoms with Crippen LogP contribution in [0.15, 0.2) is 48.5 Å². The highest BCUT2D eigenvalue weighted by molar-refractivity contribution is 7.17. The first kappa shape index (κ1) is 22.3. The van der Waals surface area contributed by atoms with Crippen molar-refractivity contribution in [2.24, 2.45) is 0 Å². The summed E-state index contributed by atoms with van der Waals surface area (Å²) in [5.41, 5.74) is 2.38. The summed E-state index contributed by atoms with van der Waals surface area (Å²) in [6.07, 6.45) is 0.570. The van der Waals surface area contributed by atoms with Gasteiger partial charge in [-0.05, 0) is 55.5 Å². The molecule has 0 aliphatic heterocycles. The monoisotopic (exact) mass is 465 g/mol. The van der Waals surface area contributed by atoms with E-state index in [-0.39, 0.29) is 0 Å². The van der Waals surface area contributed by atoms with Crippen LogP contribution in [0.25, 0.3) is 16.3 Å². The van der Waals surface area contributed by atoms with Gasteiger partial charge in [-0.25, -0.2) is 4.52 Å². The first-order chi connectivity index (χ1) is 16.0. The highest BCUT2D eigenvalue weighted by Crippen LogP contribution is 2.26. The van der Waals surface area contributed by atoms with Gasteiger partial charge in [-0.15, -0.1) is 5.10 Å². The van der Waals surface area contributed by atoms with Crippen molar-refractivity contribution >= 4 is 33.8 Å². The average molecular weight is 466 g/mol. The van der Waals surface area contributed by atoms with Gasteiger partial charge in [0, 0.05) is 29.1 Å².